The third kappa shape index (κ3) is 12.6. The molecular formula is C29H52FN6O5P. The number of esters is 1. The van der Waals surface area contributed by atoms with Gasteiger partial charge in [-0.25, -0.2) is 10.1 Å². The van der Waals surface area contributed by atoms with Gasteiger partial charge in [0.25, 0.3) is 8.18 Å². The summed E-state index contributed by atoms with van der Waals surface area (Å²) in [7, 11) is -1.24. The number of unbranched alkanes of at least 4 members (excludes halogenated alkanes) is 8. The number of ether oxygens (including phenoxy) is 2. The maximum Gasteiger partial charge on any atom is 0.323 e. The fraction of sp³-hybridized carbons (Fsp3) is 0.793. The Hall–Kier alpha value is -2.14. The van der Waals surface area contributed by atoms with Gasteiger partial charge in [0.05, 0.1) is 18.5 Å². The van der Waals surface area contributed by atoms with Gasteiger partial charge in [-0.2, -0.15) is 14.4 Å². The van der Waals surface area contributed by atoms with Crippen LogP contribution in [0.4, 0.5) is 10.2 Å². The number of hydrogen-bond acceptors (Lipinski definition) is 9. The molecule has 13 heteroatoms. The van der Waals surface area contributed by atoms with E-state index in [1.165, 1.54) is 52.0 Å². The predicted molar refractivity (Wildman–Crippen MR) is 164 cm³/mol. The molecule has 1 unspecified atom stereocenters. The fourth-order valence-electron chi connectivity index (χ4n) is 4.67. The summed E-state index contributed by atoms with van der Waals surface area (Å²) in [6, 6.07) is -0.773. The van der Waals surface area contributed by atoms with Gasteiger partial charge in [-0.15, -0.1) is 0 Å². The van der Waals surface area contributed by atoms with E-state index in [1.54, 1.807) is 11.5 Å². The molecule has 0 spiro atoms. The number of hydrogen-bond donors (Lipinski definition) is 2. The highest BCUT2D eigenvalue weighted by atomic mass is 31.1. The monoisotopic (exact) mass is 614 g/mol. The van der Waals surface area contributed by atoms with E-state index in [-0.39, 0.29) is 24.2 Å². The van der Waals surface area contributed by atoms with E-state index in [0.717, 1.165) is 38.5 Å². The lowest BCUT2D eigenvalue weighted by Gasteiger charge is -2.28. The highest BCUT2D eigenvalue weighted by Gasteiger charge is 2.27. The van der Waals surface area contributed by atoms with Gasteiger partial charge in [-0.1, -0.05) is 65.2 Å². The summed E-state index contributed by atoms with van der Waals surface area (Å²) in [5.41, 5.74) is 5.52. The normalized spacial score (nSPS) is 14.7. The molecule has 2 aromatic rings. The molecule has 240 valence electrons. The molecule has 0 radical (unpaired) electrons. The van der Waals surface area contributed by atoms with Gasteiger partial charge in [0.15, 0.2) is 11.5 Å². The van der Waals surface area contributed by atoms with Crippen LogP contribution in [-0.2, 0) is 29.9 Å². The van der Waals surface area contributed by atoms with Crippen molar-refractivity contribution < 1.29 is 27.7 Å². The Kier molecular flexibility index (Phi) is 16.5. The van der Waals surface area contributed by atoms with E-state index >= 15 is 0 Å². The van der Waals surface area contributed by atoms with Crippen LogP contribution in [0.2, 0.25) is 0 Å². The zero-order valence-corrected chi connectivity index (χ0v) is 27.1. The highest BCUT2D eigenvalue weighted by molar-refractivity contribution is 7.36. The third-order valence-electron chi connectivity index (χ3n) is 7.58. The number of methoxy groups -OCH3 is 1. The van der Waals surface area contributed by atoms with E-state index in [0.29, 0.717) is 18.5 Å². The molecule has 11 nitrogen and oxygen atoms in total. The SMILES string of the molecule is CCCCCCCC(CCCCCCC)OC(=O)[C@H](C)N[PH](=O)OC[C@](C)(CCn1cnc2c(N)nc(F)nc21)OC. The molecular weight excluding hydrogens is 562 g/mol. The summed E-state index contributed by atoms with van der Waals surface area (Å²) >= 11 is 0. The molecule has 3 atom stereocenters. The summed E-state index contributed by atoms with van der Waals surface area (Å²) in [5, 5.41) is 2.76. The Balaban J connectivity index is 1.84. The van der Waals surface area contributed by atoms with Crippen molar-refractivity contribution in [3.63, 3.8) is 0 Å². The molecule has 0 aromatic carbocycles. The Bertz CT molecular complexity index is 1090. The number of rotatable bonds is 23. The molecule has 0 aliphatic heterocycles. The number of imidazole rings is 1. The molecule has 0 fully saturated rings. The van der Waals surface area contributed by atoms with Crippen molar-refractivity contribution in [3.8, 4) is 0 Å². The summed E-state index contributed by atoms with van der Waals surface area (Å²) < 4.78 is 45.2. The van der Waals surface area contributed by atoms with Crippen LogP contribution in [0, 0.1) is 6.08 Å². The van der Waals surface area contributed by atoms with Gasteiger partial charge in [-0.3, -0.25) is 9.36 Å². The average molecular weight is 615 g/mol. The number of nitrogens with one attached hydrogen (secondary N) is 1. The molecule has 42 heavy (non-hydrogen) atoms. The predicted octanol–water partition coefficient (Wildman–Crippen LogP) is 6.36. The number of fused-ring (bicyclic) bond motifs is 1. The first kappa shape index (κ1) is 36.1. The van der Waals surface area contributed by atoms with Gasteiger partial charge < -0.3 is 24.3 Å². The zero-order chi connectivity index (χ0) is 31.0. The van der Waals surface area contributed by atoms with Crippen molar-refractivity contribution in [3.05, 3.63) is 12.4 Å². The number of carbonyl (C=O) groups is 1. The van der Waals surface area contributed by atoms with Crippen LogP contribution >= 0.6 is 8.18 Å². The molecule has 0 saturated carbocycles. The molecule has 3 N–H and O–H groups in total. The van der Waals surface area contributed by atoms with E-state index in [2.05, 4.69) is 33.9 Å². The second-order valence-electron chi connectivity index (χ2n) is 11.3. The van der Waals surface area contributed by atoms with Gasteiger partial charge in [-0.05, 0) is 46.0 Å². The third-order valence-corrected chi connectivity index (χ3v) is 8.65. The van der Waals surface area contributed by atoms with Crippen LogP contribution in [0.15, 0.2) is 6.33 Å². The smallest absolute Gasteiger partial charge is 0.323 e. The zero-order valence-electron chi connectivity index (χ0n) is 26.1. The van der Waals surface area contributed by atoms with E-state index in [4.69, 9.17) is 19.7 Å². The van der Waals surface area contributed by atoms with Crippen LogP contribution in [-0.4, -0.2) is 57.0 Å². The molecule has 2 rings (SSSR count). The number of nitrogens with zero attached hydrogens (tertiary/aromatic N) is 4. The van der Waals surface area contributed by atoms with E-state index < -0.39 is 31.9 Å². The summed E-state index contributed by atoms with van der Waals surface area (Å²) in [6.07, 6.45) is 14.2. The van der Waals surface area contributed by atoms with Crippen LogP contribution < -0.4 is 10.8 Å². The van der Waals surface area contributed by atoms with Crippen molar-refractivity contribution in [1.82, 2.24) is 24.6 Å². The van der Waals surface area contributed by atoms with Crippen LogP contribution in [0.3, 0.4) is 0 Å². The number of halogens is 1. The first-order valence-electron chi connectivity index (χ1n) is 15.4. The van der Waals surface area contributed by atoms with Gasteiger partial charge in [0.2, 0.25) is 0 Å². The lowest BCUT2D eigenvalue weighted by atomic mass is 10.0. The second-order valence-corrected chi connectivity index (χ2v) is 12.5. The van der Waals surface area contributed by atoms with Crippen molar-refractivity contribution >= 4 is 31.1 Å². The number of nitrogens with two attached hydrogens (primary N) is 1. The summed E-state index contributed by atoms with van der Waals surface area (Å²) in [6.45, 7) is 8.22. The van der Waals surface area contributed by atoms with E-state index in [9.17, 15) is 13.8 Å². The molecule has 2 heterocycles. The minimum atomic E-state index is -2.77. The minimum absolute atomic E-state index is 0.00627. The fourth-order valence-corrected chi connectivity index (χ4v) is 5.66. The van der Waals surface area contributed by atoms with Crippen molar-refractivity contribution in [2.75, 3.05) is 19.5 Å². The van der Waals surface area contributed by atoms with Crippen molar-refractivity contribution in [2.45, 2.75) is 135 Å². The maximum atomic E-state index is 13.7. The van der Waals surface area contributed by atoms with Crippen molar-refractivity contribution in [2.24, 2.45) is 0 Å². The molecule has 0 saturated heterocycles. The number of aryl methyl sites for hydroxylation is 1. The van der Waals surface area contributed by atoms with Gasteiger partial charge in [0.1, 0.15) is 17.7 Å². The second kappa shape index (κ2) is 19.2. The van der Waals surface area contributed by atoms with E-state index in [1.807, 2.05) is 6.92 Å². The Morgan fingerprint density at radius 2 is 1.71 bits per heavy atom. The average Bonchev–Trinajstić information content (AvgIpc) is 3.37. The summed E-state index contributed by atoms with van der Waals surface area (Å²) in [4.78, 5) is 24.3. The molecule has 0 aliphatic rings. The quantitative estimate of drug-likeness (QED) is 0.0628. The Labute approximate surface area is 250 Å². The van der Waals surface area contributed by atoms with Gasteiger partial charge >= 0.3 is 12.0 Å². The number of aromatic nitrogens is 4. The first-order chi connectivity index (χ1) is 20.1. The maximum absolute atomic E-state index is 13.7. The standard InChI is InChI=1S/C29H52FN6O5P/c1-6-8-10-12-14-16-23(17-15-13-11-9-7-2)41-27(37)22(3)35-42(38)40-20-29(4,39-5)18-19-36-21-32-24-25(31)33-28(30)34-26(24)36/h21-23,42H,6-20H2,1-5H3,(H,35,38)(H2,31,33,34)/t22-,29-/m0/s1. The Morgan fingerprint density at radius 3 is 2.31 bits per heavy atom. The summed E-state index contributed by atoms with van der Waals surface area (Å²) in [5.74, 6) is -0.448. The lowest BCUT2D eigenvalue weighted by Crippen LogP contribution is -2.36. The van der Waals surface area contributed by atoms with Crippen LogP contribution in [0.25, 0.3) is 11.2 Å². The topological polar surface area (TPSA) is 143 Å². The van der Waals surface area contributed by atoms with Crippen molar-refractivity contribution in [1.29, 1.82) is 0 Å². The van der Waals surface area contributed by atoms with Crippen LogP contribution in [0.5, 0.6) is 0 Å². The number of anilines is 1. The first-order valence-corrected chi connectivity index (χ1v) is 16.8. The van der Waals surface area contributed by atoms with Crippen LogP contribution in [0.1, 0.15) is 111 Å². The number of nitrogen functional groups attached to an aromatic ring is 1. The largest absolute Gasteiger partial charge is 0.461 e. The minimum Gasteiger partial charge on any atom is -0.461 e. The number of carbonyl (C=O) groups excluding carboxylic acids is 1. The molecule has 2 aromatic heterocycles. The molecule has 0 aliphatic carbocycles. The Morgan fingerprint density at radius 1 is 1.10 bits per heavy atom. The molecule has 0 bridgehead atoms. The molecule has 0 amide bonds. The van der Waals surface area contributed by atoms with Gasteiger partial charge in [0, 0.05) is 13.7 Å². The highest BCUT2D eigenvalue weighted by Crippen LogP contribution is 2.26. The lowest BCUT2D eigenvalue weighted by molar-refractivity contribution is -0.151.